The molecule has 2 amide bonds. The van der Waals surface area contributed by atoms with Gasteiger partial charge in [-0.05, 0) is 47.9 Å². The van der Waals surface area contributed by atoms with Crippen LogP contribution in [-0.4, -0.2) is 47.9 Å². The van der Waals surface area contributed by atoms with E-state index in [2.05, 4.69) is 13.8 Å². The summed E-state index contributed by atoms with van der Waals surface area (Å²) in [5.74, 6) is -0.0733. The van der Waals surface area contributed by atoms with E-state index in [1.807, 2.05) is 25.3 Å². The van der Waals surface area contributed by atoms with Crippen LogP contribution in [0.2, 0.25) is 0 Å². The monoisotopic (exact) mass is 460 g/mol. The summed E-state index contributed by atoms with van der Waals surface area (Å²) in [6.07, 6.45) is 1.62. The van der Waals surface area contributed by atoms with Gasteiger partial charge >= 0.3 is 0 Å². The highest BCUT2D eigenvalue weighted by atomic mass is 32.1. The molecule has 0 spiro atoms. The van der Waals surface area contributed by atoms with E-state index in [1.54, 1.807) is 39.3 Å². The lowest BCUT2D eigenvalue weighted by atomic mass is 10.00. The van der Waals surface area contributed by atoms with E-state index in [1.165, 1.54) is 10.9 Å². The van der Waals surface area contributed by atoms with E-state index in [0.717, 1.165) is 18.4 Å². The number of hydrogen-bond acceptors (Lipinski definition) is 4. The fourth-order valence-corrected chi connectivity index (χ4v) is 4.83. The lowest BCUT2D eigenvalue weighted by Gasteiger charge is -2.37. The Balaban J connectivity index is 1.77. The molecule has 7 heteroatoms. The van der Waals surface area contributed by atoms with E-state index in [0.29, 0.717) is 19.0 Å². The standard InChI is InChI=1S/C25H33FN2O3S/c1-17(2)9-12-27(25(30)18(3)4)15-24(29)28-13-10-23-19(11-14-32-23)21(28)16-31-22-8-6-5-7-20(22)26/h5-8,11,14,17-18,21H,9-10,12-13,15-16H2,1-4H3/t21-/m1/s1. The summed E-state index contributed by atoms with van der Waals surface area (Å²) in [4.78, 5) is 30.9. The van der Waals surface area contributed by atoms with Gasteiger partial charge in [-0.3, -0.25) is 9.59 Å². The van der Waals surface area contributed by atoms with Crippen molar-refractivity contribution in [3.05, 3.63) is 52.0 Å². The zero-order chi connectivity index (χ0) is 23.3. The zero-order valence-corrected chi connectivity index (χ0v) is 20.2. The molecule has 1 aromatic carbocycles. The third-order valence-electron chi connectivity index (χ3n) is 5.76. The maximum Gasteiger partial charge on any atom is 0.242 e. The highest BCUT2D eigenvalue weighted by Gasteiger charge is 2.34. The number of carbonyl (C=O) groups excluding carboxylic acids is 2. The molecule has 0 saturated carbocycles. The minimum absolute atomic E-state index is 0.00797. The summed E-state index contributed by atoms with van der Waals surface area (Å²) in [5.41, 5.74) is 1.05. The molecule has 2 heterocycles. The second kappa shape index (κ2) is 10.9. The van der Waals surface area contributed by atoms with Crippen molar-refractivity contribution in [1.29, 1.82) is 0 Å². The van der Waals surface area contributed by atoms with Crippen molar-refractivity contribution in [2.45, 2.75) is 46.6 Å². The van der Waals surface area contributed by atoms with Crippen molar-refractivity contribution in [2.75, 3.05) is 26.2 Å². The van der Waals surface area contributed by atoms with Crippen LogP contribution in [0.15, 0.2) is 35.7 Å². The number of halogens is 1. The first-order chi connectivity index (χ1) is 15.3. The van der Waals surface area contributed by atoms with Crippen molar-refractivity contribution in [1.82, 2.24) is 9.80 Å². The molecule has 3 rings (SSSR count). The highest BCUT2D eigenvalue weighted by Crippen LogP contribution is 2.34. The number of thiophene rings is 1. The van der Waals surface area contributed by atoms with Crippen LogP contribution in [-0.2, 0) is 16.0 Å². The number of carbonyl (C=O) groups is 2. The molecule has 0 saturated heterocycles. The van der Waals surface area contributed by atoms with Gasteiger partial charge in [-0.1, -0.05) is 39.8 Å². The first-order valence-electron chi connectivity index (χ1n) is 11.3. The third kappa shape index (κ3) is 5.88. The SMILES string of the molecule is CC(C)CCN(CC(=O)N1CCc2sccc2[C@H]1COc1ccccc1F)C(=O)C(C)C. The fraction of sp³-hybridized carbons (Fsp3) is 0.520. The van der Waals surface area contributed by atoms with Gasteiger partial charge in [-0.25, -0.2) is 4.39 Å². The predicted octanol–water partition coefficient (Wildman–Crippen LogP) is 4.92. The highest BCUT2D eigenvalue weighted by molar-refractivity contribution is 7.10. The molecule has 32 heavy (non-hydrogen) atoms. The Morgan fingerprint density at radius 2 is 1.97 bits per heavy atom. The van der Waals surface area contributed by atoms with E-state index in [4.69, 9.17) is 4.74 Å². The van der Waals surface area contributed by atoms with Gasteiger partial charge in [0, 0.05) is 23.9 Å². The molecule has 5 nitrogen and oxygen atoms in total. The van der Waals surface area contributed by atoms with Gasteiger partial charge in [0.15, 0.2) is 11.6 Å². The average Bonchev–Trinajstić information content (AvgIpc) is 3.24. The van der Waals surface area contributed by atoms with Crippen molar-refractivity contribution < 1.29 is 18.7 Å². The number of ether oxygens (including phenoxy) is 1. The second-order valence-electron chi connectivity index (χ2n) is 8.99. The molecule has 0 aliphatic carbocycles. The quantitative estimate of drug-likeness (QED) is 0.534. The predicted molar refractivity (Wildman–Crippen MR) is 125 cm³/mol. The fourth-order valence-electron chi connectivity index (χ4n) is 3.91. The number of para-hydroxylation sites is 1. The van der Waals surface area contributed by atoms with E-state index >= 15 is 0 Å². The number of nitrogens with zero attached hydrogens (tertiary/aromatic N) is 2. The van der Waals surface area contributed by atoms with Gasteiger partial charge in [0.2, 0.25) is 11.8 Å². The Morgan fingerprint density at radius 3 is 2.66 bits per heavy atom. The van der Waals surface area contributed by atoms with Gasteiger partial charge in [0.25, 0.3) is 0 Å². The molecular formula is C25H33FN2O3S. The third-order valence-corrected chi connectivity index (χ3v) is 6.75. The maximum absolute atomic E-state index is 14.1. The Kier molecular flexibility index (Phi) is 8.29. The number of rotatable bonds is 9. The first-order valence-corrected chi connectivity index (χ1v) is 12.2. The summed E-state index contributed by atoms with van der Waals surface area (Å²) in [5, 5.41) is 2.02. The molecule has 0 fully saturated rings. The Labute approximate surface area is 194 Å². The van der Waals surface area contributed by atoms with Crippen molar-refractivity contribution in [3.8, 4) is 5.75 Å². The summed E-state index contributed by atoms with van der Waals surface area (Å²) in [6, 6.07) is 8.01. The summed E-state index contributed by atoms with van der Waals surface area (Å²) < 4.78 is 19.9. The summed E-state index contributed by atoms with van der Waals surface area (Å²) >= 11 is 1.67. The minimum Gasteiger partial charge on any atom is -0.488 e. The summed E-state index contributed by atoms with van der Waals surface area (Å²) in [7, 11) is 0. The van der Waals surface area contributed by atoms with Crippen LogP contribution in [0.5, 0.6) is 5.75 Å². The molecule has 0 unspecified atom stereocenters. The Hall–Kier alpha value is -2.41. The van der Waals surface area contributed by atoms with Gasteiger partial charge in [-0.2, -0.15) is 0 Å². The molecule has 1 aliphatic heterocycles. The largest absolute Gasteiger partial charge is 0.488 e. The molecule has 1 aromatic heterocycles. The Bertz CT molecular complexity index is 927. The second-order valence-corrected chi connectivity index (χ2v) is 9.99. The van der Waals surface area contributed by atoms with E-state index < -0.39 is 5.82 Å². The van der Waals surface area contributed by atoms with Crippen molar-refractivity contribution in [2.24, 2.45) is 11.8 Å². The van der Waals surface area contributed by atoms with Crippen molar-refractivity contribution in [3.63, 3.8) is 0 Å². The van der Waals surface area contributed by atoms with E-state index in [-0.39, 0.29) is 42.7 Å². The normalized spacial score (nSPS) is 15.7. The maximum atomic E-state index is 14.1. The molecular weight excluding hydrogens is 427 g/mol. The molecule has 0 bridgehead atoms. The molecule has 1 aliphatic rings. The van der Waals surface area contributed by atoms with Crippen LogP contribution in [0, 0.1) is 17.7 Å². The van der Waals surface area contributed by atoms with Gasteiger partial charge < -0.3 is 14.5 Å². The minimum atomic E-state index is -0.422. The van der Waals surface area contributed by atoms with Crippen LogP contribution < -0.4 is 4.74 Å². The van der Waals surface area contributed by atoms with Crippen LogP contribution in [0.3, 0.4) is 0 Å². The summed E-state index contributed by atoms with van der Waals surface area (Å²) in [6.45, 7) is 9.29. The number of benzene rings is 1. The molecule has 1 atom stereocenters. The molecule has 174 valence electrons. The molecule has 0 N–H and O–H groups in total. The molecule has 2 aromatic rings. The smallest absolute Gasteiger partial charge is 0.242 e. The number of hydrogen-bond donors (Lipinski definition) is 0. The van der Waals surface area contributed by atoms with Crippen molar-refractivity contribution >= 4 is 23.2 Å². The van der Waals surface area contributed by atoms with Crippen LogP contribution in [0.4, 0.5) is 4.39 Å². The zero-order valence-electron chi connectivity index (χ0n) is 19.3. The van der Waals surface area contributed by atoms with Crippen LogP contribution in [0.1, 0.15) is 50.6 Å². The first kappa shape index (κ1) is 24.2. The number of amides is 2. The molecule has 0 radical (unpaired) electrons. The van der Waals surface area contributed by atoms with Gasteiger partial charge in [0.1, 0.15) is 6.61 Å². The number of fused-ring (bicyclic) bond motifs is 1. The van der Waals surface area contributed by atoms with E-state index in [9.17, 15) is 14.0 Å². The lowest BCUT2D eigenvalue weighted by molar-refractivity contribution is -0.144. The van der Waals surface area contributed by atoms with Gasteiger partial charge in [-0.15, -0.1) is 11.3 Å². The topological polar surface area (TPSA) is 49.9 Å². The Morgan fingerprint density at radius 1 is 1.22 bits per heavy atom. The lowest BCUT2D eigenvalue weighted by Crippen LogP contribution is -2.48. The van der Waals surface area contributed by atoms with Crippen LogP contribution >= 0.6 is 11.3 Å². The van der Waals surface area contributed by atoms with Gasteiger partial charge in [0.05, 0.1) is 12.6 Å². The average molecular weight is 461 g/mol. The van der Waals surface area contributed by atoms with Crippen LogP contribution in [0.25, 0.3) is 0 Å².